The average molecular weight is 126 g/mol. The first-order valence-electron chi connectivity index (χ1n) is 4.06. The molecule has 2 fully saturated rings. The Kier molecular flexibility index (Phi) is 1.26. The van der Waals surface area contributed by atoms with Crippen molar-refractivity contribution in [1.82, 2.24) is 0 Å². The van der Waals surface area contributed by atoms with Gasteiger partial charge in [-0.05, 0) is 24.7 Å². The molecule has 1 heteroatoms. The van der Waals surface area contributed by atoms with Crippen LogP contribution in [0.2, 0.25) is 0 Å². The summed E-state index contributed by atoms with van der Waals surface area (Å²) in [5.74, 6) is 1.63. The summed E-state index contributed by atoms with van der Waals surface area (Å²) < 4.78 is 0. The largest absolute Gasteiger partial charge is 0.393 e. The van der Waals surface area contributed by atoms with Crippen molar-refractivity contribution < 1.29 is 5.11 Å². The van der Waals surface area contributed by atoms with Gasteiger partial charge in [0.15, 0.2) is 0 Å². The predicted molar refractivity (Wildman–Crippen MR) is 36.1 cm³/mol. The summed E-state index contributed by atoms with van der Waals surface area (Å²) >= 11 is 0. The zero-order valence-corrected chi connectivity index (χ0v) is 5.71. The topological polar surface area (TPSA) is 20.2 Å². The Morgan fingerprint density at radius 1 is 1.11 bits per heavy atom. The summed E-state index contributed by atoms with van der Waals surface area (Å²) in [6, 6.07) is 0. The van der Waals surface area contributed by atoms with E-state index < -0.39 is 0 Å². The lowest BCUT2D eigenvalue weighted by Crippen LogP contribution is -2.07. The van der Waals surface area contributed by atoms with Crippen LogP contribution < -0.4 is 0 Å². The van der Waals surface area contributed by atoms with E-state index in [0.717, 1.165) is 12.3 Å². The molecule has 0 heterocycles. The van der Waals surface area contributed by atoms with Crippen molar-refractivity contribution in [2.75, 3.05) is 0 Å². The Morgan fingerprint density at radius 3 is 2.78 bits per heavy atom. The van der Waals surface area contributed by atoms with E-state index >= 15 is 0 Å². The van der Waals surface area contributed by atoms with Crippen LogP contribution in [0.15, 0.2) is 0 Å². The van der Waals surface area contributed by atoms with E-state index in [1.54, 1.807) is 0 Å². The molecule has 3 unspecified atom stereocenters. The molecule has 0 spiro atoms. The van der Waals surface area contributed by atoms with Gasteiger partial charge in [-0.1, -0.05) is 19.3 Å². The van der Waals surface area contributed by atoms with Crippen LogP contribution >= 0.6 is 0 Å². The molecular weight excluding hydrogens is 112 g/mol. The normalized spacial score (nSPS) is 49.7. The second kappa shape index (κ2) is 1.98. The molecule has 0 radical (unpaired) electrons. The van der Waals surface area contributed by atoms with Crippen LogP contribution in [0.25, 0.3) is 0 Å². The van der Waals surface area contributed by atoms with Crippen LogP contribution in [-0.2, 0) is 0 Å². The monoisotopic (exact) mass is 126 g/mol. The van der Waals surface area contributed by atoms with Crippen LogP contribution in [0.5, 0.6) is 0 Å². The van der Waals surface area contributed by atoms with Crippen molar-refractivity contribution in [3.05, 3.63) is 0 Å². The van der Waals surface area contributed by atoms with Crippen LogP contribution in [0.4, 0.5) is 0 Å². The Hall–Kier alpha value is -0.0400. The van der Waals surface area contributed by atoms with Gasteiger partial charge in [-0.2, -0.15) is 0 Å². The quantitative estimate of drug-likeness (QED) is 0.522. The summed E-state index contributed by atoms with van der Waals surface area (Å²) in [6.07, 6.45) is 6.47. The van der Waals surface area contributed by atoms with Gasteiger partial charge in [0.2, 0.25) is 0 Å². The molecule has 2 aliphatic rings. The van der Waals surface area contributed by atoms with Crippen molar-refractivity contribution in [2.45, 2.75) is 38.2 Å². The van der Waals surface area contributed by atoms with Crippen LogP contribution in [-0.4, -0.2) is 11.2 Å². The third-order valence-corrected chi connectivity index (χ3v) is 2.80. The third-order valence-electron chi connectivity index (χ3n) is 2.80. The number of fused-ring (bicyclic) bond motifs is 1. The maximum absolute atomic E-state index is 9.40. The first-order valence-corrected chi connectivity index (χ1v) is 4.06. The fourth-order valence-corrected chi connectivity index (χ4v) is 2.05. The maximum Gasteiger partial charge on any atom is 0.0571 e. The van der Waals surface area contributed by atoms with E-state index in [9.17, 15) is 5.11 Å². The zero-order chi connectivity index (χ0) is 6.27. The lowest BCUT2D eigenvalue weighted by atomic mass is 10.1. The van der Waals surface area contributed by atoms with Gasteiger partial charge in [-0.15, -0.1) is 0 Å². The molecule has 3 atom stereocenters. The van der Waals surface area contributed by atoms with Crippen LogP contribution in [0.1, 0.15) is 32.1 Å². The van der Waals surface area contributed by atoms with Crippen LogP contribution in [0.3, 0.4) is 0 Å². The van der Waals surface area contributed by atoms with Crippen molar-refractivity contribution in [2.24, 2.45) is 11.8 Å². The summed E-state index contributed by atoms with van der Waals surface area (Å²) in [7, 11) is 0. The summed E-state index contributed by atoms with van der Waals surface area (Å²) in [5, 5.41) is 9.40. The molecule has 1 N–H and O–H groups in total. The van der Waals surface area contributed by atoms with E-state index in [1.165, 1.54) is 25.7 Å². The first kappa shape index (κ1) is 5.72. The molecule has 0 aliphatic heterocycles. The van der Waals surface area contributed by atoms with Crippen molar-refractivity contribution in [3.63, 3.8) is 0 Å². The van der Waals surface area contributed by atoms with Gasteiger partial charge < -0.3 is 5.11 Å². The van der Waals surface area contributed by atoms with Crippen molar-refractivity contribution >= 4 is 0 Å². The second-order valence-corrected chi connectivity index (χ2v) is 3.51. The molecular formula is C8H14O. The number of aliphatic hydroxyl groups is 1. The Morgan fingerprint density at radius 2 is 1.89 bits per heavy atom. The molecule has 0 saturated heterocycles. The van der Waals surface area contributed by atoms with E-state index in [1.807, 2.05) is 0 Å². The van der Waals surface area contributed by atoms with Crippen molar-refractivity contribution in [3.8, 4) is 0 Å². The molecule has 1 nitrogen and oxygen atoms in total. The van der Waals surface area contributed by atoms with E-state index in [4.69, 9.17) is 0 Å². The van der Waals surface area contributed by atoms with E-state index in [0.29, 0.717) is 5.92 Å². The molecule has 52 valence electrons. The third kappa shape index (κ3) is 0.983. The number of aliphatic hydroxyl groups excluding tert-OH is 1. The molecule has 2 aliphatic carbocycles. The minimum Gasteiger partial charge on any atom is -0.393 e. The maximum atomic E-state index is 9.40. The molecule has 0 aromatic rings. The number of hydrogen-bond donors (Lipinski definition) is 1. The van der Waals surface area contributed by atoms with Gasteiger partial charge in [0.1, 0.15) is 0 Å². The SMILES string of the molecule is OC1CCCCC2CC12. The summed E-state index contributed by atoms with van der Waals surface area (Å²) in [5.41, 5.74) is 0. The molecule has 9 heavy (non-hydrogen) atoms. The highest BCUT2D eigenvalue weighted by atomic mass is 16.3. The lowest BCUT2D eigenvalue weighted by Gasteiger charge is -2.04. The predicted octanol–water partition coefficient (Wildman–Crippen LogP) is 1.56. The summed E-state index contributed by atoms with van der Waals surface area (Å²) in [6.45, 7) is 0. The highest BCUT2D eigenvalue weighted by molar-refractivity contribution is 4.92. The molecule has 2 saturated carbocycles. The zero-order valence-electron chi connectivity index (χ0n) is 5.71. The van der Waals surface area contributed by atoms with Gasteiger partial charge >= 0.3 is 0 Å². The van der Waals surface area contributed by atoms with Gasteiger partial charge in [0.25, 0.3) is 0 Å². The Bertz CT molecular complexity index is 111. The fraction of sp³-hybridized carbons (Fsp3) is 1.00. The van der Waals surface area contributed by atoms with Gasteiger partial charge in [0.05, 0.1) is 6.10 Å². The Labute approximate surface area is 56.1 Å². The highest BCUT2D eigenvalue weighted by Gasteiger charge is 2.42. The van der Waals surface area contributed by atoms with Gasteiger partial charge in [0, 0.05) is 0 Å². The summed E-state index contributed by atoms with van der Waals surface area (Å²) in [4.78, 5) is 0. The molecule has 0 aromatic carbocycles. The lowest BCUT2D eigenvalue weighted by molar-refractivity contribution is 0.139. The highest BCUT2D eigenvalue weighted by Crippen LogP contribution is 2.47. The first-order chi connectivity index (χ1) is 4.38. The van der Waals surface area contributed by atoms with Crippen molar-refractivity contribution in [1.29, 1.82) is 0 Å². The number of hydrogen-bond acceptors (Lipinski definition) is 1. The second-order valence-electron chi connectivity index (χ2n) is 3.51. The average Bonchev–Trinajstić information content (AvgIpc) is 2.55. The minimum absolute atomic E-state index is 0.0671. The van der Waals surface area contributed by atoms with E-state index in [-0.39, 0.29) is 6.10 Å². The minimum atomic E-state index is 0.0671. The molecule has 0 aromatic heterocycles. The van der Waals surface area contributed by atoms with Crippen LogP contribution in [0, 0.1) is 11.8 Å². The van der Waals surface area contributed by atoms with E-state index in [2.05, 4.69) is 0 Å². The Balaban J connectivity index is 1.96. The fourth-order valence-electron chi connectivity index (χ4n) is 2.05. The van der Waals surface area contributed by atoms with Gasteiger partial charge in [-0.3, -0.25) is 0 Å². The molecule has 0 bridgehead atoms. The molecule has 2 rings (SSSR count). The van der Waals surface area contributed by atoms with Gasteiger partial charge in [-0.25, -0.2) is 0 Å². The smallest absolute Gasteiger partial charge is 0.0571 e. The molecule has 0 amide bonds. The number of rotatable bonds is 0. The standard InChI is InChI=1S/C8H14O/c9-8-4-2-1-3-6-5-7(6)8/h6-9H,1-5H2.